The molecule has 0 bridgehead atoms. The maximum absolute atomic E-state index is 6.73. The monoisotopic (exact) mass is 740 g/mol. The minimum absolute atomic E-state index is 0.882. The number of hydrogen-bond donors (Lipinski definition) is 0. The van der Waals surface area contributed by atoms with Crippen LogP contribution in [0.2, 0.25) is 0 Å². The average molecular weight is 741 g/mol. The minimum atomic E-state index is 0.882. The van der Waals surface area contributed by atoms with Crippen LogP contribution >= 0.6 is 0 Å². The first-order valence-corrected chi connectivity index (χ1v) is 19.7. The first-order chi connectivity index (χ1) is 28.7. The maximum Gasteiger partial charge on any atom is 0.143 e. The number of nitrogens with zero attached hydrogens (tertiary/aromatic N) is 2. The Kier molecular flexibility index (Phi) is 6.41. The Morgan fingerprint density at radius 2 is 0.793 bits per heavy atom. The van der Waals surface area contributed by atoms with Gasteiger partial charge in [-0.1, -0.05) is 115 Å². The quantitative estimate of drug-likeness (QED) is 0.180. The van der Waals surface area contributed by atoms with Crippen LogP contribution in [0.1, 0.15) is 0 Å². The molecule has 0 amide bonds. The molecule has 0 aliphatic carbocycles. The van der Waals surface area contributed by atoms with Gasteiger partial charge < -0.3 is 18.0 Å². The lowest BCUT2D eigenvalue weighted by Gasteiger charge is -2.13. The van der Waals surface area contributed by atoms with E-state index in [-0.39, 0.29) is 0 Å². The molecular weight excluding hydrogens is 709 g/mol. The summed E-state index contributed by atoms with van der Waals surface area (Å²) in [5.41, 5.74) is 14.9. The van der Waals surface area contributed by atoms with E-state index in [2.05, 4.69) is 185 Å². The molecule has 0 spiro atoms. The second kappa shape index (κ2) is 11.8. The van der Waals surface area contributed by atoms with Crippen molar-refractivity contribution in [2.24, 2.45) is 0 Å². The Balaban J connectivity index is 1.02. The van der Waals surface area contributed by atoms with E-state index in [1.165, 1.54) is 38.1 Å². The number of fused-ring (bicyclic) bond motifs is 12. The van der Waals surface area contributed by atoms with Crippen molar-refractivity contribution in [1.29, 1.82) is 0 Å². The third-order valence-corrected chi connectivity index (χ3v) is 12.1. The molecule has 58 heavy (non-hydrogen) atoms. The molecule has 0 radical (unpaired) electrons. The third kappa shape index (κ3) is 4.45. The van der Waals surface area contributed by atoms with E-state index >= 15 is 0 Å². The standard InChI is InChI=1S/C54H32N2O2/c1-6-19-47-38(14-1)39-15-2-7-20-48(39)56(47)37-31-43(54-46(32-37)42-18-5-10-23-52(42)58-54)35-12-11-13-36(28-35)55-49-21-8-3-16-40(49)44-29-33(24-26-50(44)55)34-25-27-53-45(30-34)41-17-4-9-22-51(41)57-53/h1-32H. The zero-order chi connectivity index (χ0) is 37.9. The third-order valence-electron chi connectivity index (χ3n) is 12.1. The molecule has 13 aromatic rings. The van der Waals surface area contributed by atoms with Gasteiger partial charge in [-0.05, 0) is 95.6 Å². The fraction of sp³-hybridized carbons (Fsp3) is 0. The summed E-state index contributed by atoms with van der Waals surface area (Å²) in [4.78, 5) is 0. The Labute approximate surface area is 332 Å². The van der Waals surface area contributed by atoms with E-state index in [0.717, 1.165) is 83.0 Å². The molecule has 4 heteroatoms. The van der Waals surface area contributed by atoms with Gasteiger partial charge >= 0.3 is 0 Å². The van der Waals surface area contributed by atoms with Gasteiger partial charge in [-0.2, -0.15) is 0 Å². The normalized spacial score (nSPS) is 12.1. The van der Waals surface area contributed by atoms with E-state index in [9.17, 15) is 0 Å². The lowest BCUT2D eigenvalue weighted by Crippen LogP contribution is -1.96. The number of rotatable bonds is 4. The highest BCUT2D eigenvalue weighted by molar-refractivity contribution is 6.14. The highest BCUT2D eigenvalue weighted by atomic mass is 16.3. The molecule has 4 aromatic heterocycles. The van der Waals surface area contributed by atoms with E-state index in [1.807, 2.05) is 18.2 Å². The van der Waals surface area contributed by atoms with Crippen molar-refractivity contribution in [2.45, 2.75) is 0 Å². The molecule has 0 N–H and O–H groups in total. The van der Waals surface area contributed by atoms with Crippen LogP contribution in [0.4, 0.5) is 0 Å². The molecule has 13 rings (SSSR count). The van der Waals surface area contributed by atoms with E-state index in [1.54, 1.807) is 0 Å². The van der Waals surface area contributed by atoms with Gasteiger partial charge in [0.25, 0.3) is 0 Å². The topological polar surface area (TPSA) is 36.1 Å². The Morgan fingerprint density at radius 3 is 1.50 bits per heavy atom. The van der Waals surface area contributed by atoms with Crippen LogP contribution in [-0.4, -0.2) is 9.13 Å². The molecule has 0 aliphatic heterocycles. The van der Waals surface area contributed by atoms with Gasteiger partial charge in [0.15, 0.2) is 0 Å². The van der Waals surface area contributed by atoms with Crippen molar-refractivity contribution >= 4 is 87.5 Å². The number of hydrogen-bond acceptors (Lipinski definition) is 2. The summed E-state index contributed by atoms with van der Waals surface area (Å²) in [6.45, 7) is 0. The Bertz CT molecular complexity index is 3760. The first kappa shape index (κ1) is 31.4. The van der Waals surface area contributed by atoms with Gasteiger partial charge in [0, 0.05) is 60.0 Å². The van der Waals surface area contributed by atoms with Crippen LogP contribution in [0.3, 0.4) is 0 Å². The molecule has 270 valence electrons. The van der Waals surface area contributed by atoms with Crippen LogP contribution in [0.25, 0.3) is 121 Å². The molecule has 0 saturated heterocycles. The van der Waals surface area contributed by atoms with Crippen LogP contribution in [0.5, 0.6) is 0 Å². The summed E-state index contributed by atoms with van der Waals surface area (Å²) in [7, 11) is 0. The van der Waals surface area contributed by atoms with Crippen molar-refractivity contribution in [2.75, 3.05) is 0 Å². The second-order valence-corrected chi connectivity index (χ2v) is 15.3. The van der Waals surface area contributed by atoms with Crippen molar-refractivity contribution in [3.63, 3.8) is 0 Å². The highest BCUT2D eigenvalue weighted by Gasteiger charge is 2.20. The van der Waals surface area contributed by atoms with Crippen LogP contribution < -0.4 is 0 Å². The molecule has 4 nitrogen and oxygen atoms in total. The number of furan rings is 2. The van der Waals surface area contributed by atoms with Crippen LogP contribution in [0.15, 0.2) is 203 Å². The molecule has 0 unspecified atom stereocenters. The summed E-state index contributed by atoms with van der Waals surface area (Å²) < 4.78 is 17.7. The molecule has 0 aliphatic rings. The molecule has 0 fully saturated rings. The largest absolute Gasteiger partial charge is 0.456 e. The van der Waals surface area contributed by atoms with Crippen LogP contribution in [-0.2, 0) is 0 Å². The smallest absolute Gasteiger partial charge is 0.143 e. The van der Waals surface area contributed by atoms with Gasteiger partial charge in [0.05, 0.1) is 22.1 Å². The molecular formula is C54H32N2O2. The molecule has 0 saturated carbocycles. The van der Waals surface area contributed by atoms with E-state index in [0.29, 0.717) is 0 Å². The Hall–Kier alpha value is -7.82. The molecule has 4 heterocycles. The first-order valence-electron chi connectivity index (χ1n) is 19.7. The Morgan fingerprint density at radius 1 is 0.276 bits per heavy atom. The van der Waals surface area contributed by atoms with Gasteiger partial charge in [-0.25, -0.2) is 0 Å². The van der Waals surface area contributed by atoms with Crippen LogP contribution in [0, 0.1) is 0 Å². The predicted molar refractivity (Wildman–Crippen MR) is 241 cm³/mol. The van der Waals surface area contributed by atoms with Gasteiger partial charge in [0.1, 0.15) is 22.3 Å². The fourth-order valence-corrected chi connectivity index (χ4v) is 9.50. The lowest BCUT2D eigenvalue weighted by atomic mass is 10.00. The zero-order valence-electron chi connectivity index (χ0n) is 31.2. The second-order valence-electron chi connectivity index (χ2n) is 15.3. The SMILES string of the molecule is c1cc(-c2cc(-n3c4ccccc4c4ccccc43)cc3c2oc2ccccc23)cc(-n2c3ccccc3c3cc(-c4ccc5oc6ccccc6c5c4)ccc32)c1. The van der Waals surface area contributed by atoms with Crippen molar-refractivity contribution < 1.29 is 8.83 Å². The summed E-state index contributed by atoms with van der Waals surface area (Å²) in [5, 5.41) is 9.38. The summed E-state index contributed by atoms with van der Waals surface area (Å²) >= 11 is 0. The number of para-hydroxylation sites is 5. The van der Waals surface area contributed by atoms with Gasteiger partial charge in [-0.15, -0.1) is 0 Å². The van der Waals surface area contributed by atoms with Gasteiger partial charge in [0.2, 0.25) is 0 Å². The summed E-state index contributed by atoms with van der Waals surface area (Å²) in [6.07, 6.45) is 0. The van der Waals surface area contributed by atoms with E-state index < -0.39 is 0 Å². The number of aromatic nitrogens is 2. The van der Waals surface area contributed by atoms with Crippen molar-refractivity contribution in [3.05, 3.63) is 194 Å². The maximum atomic E-state index is 6.73. The summed E-state index contributed by atoms with van der Waals surface area (Å²) in [5.74, 6) is 0. The predicted octanol–water partition coefficient (Wildman–Crippen LogP) is 15.0. The lowest BCUT2D eigenvalue weighted by molar-refractivity contribution is 0.669. The summed E-state index contributed by atoms with van der Waals surface area (Å²) in [6, 6.07) is 69.7. The molecule has 0 atom stereocenters. The zero-order valence-corrected chi connectivity index (χ0v) is 31.2. The minimum Gasteiger partial charge on any atom is -0.456 e. The fourth-order valence-electron chi connectivity index (χ4n) is 9.50. The van der Waals surface area contributed by atoms with Crippen molar-refractivity contribution in [1.82, 2.24) is 9.13 Å². The van der Waals surface area contributed by atoms with Crippen molar-refractivity contribution in [3.8, 4) is 33.6 Å². The highest BCUT2D eigenvalue weighted by Crippen LogP contribution is 2.42. The van der Waals surface area contributed by atoms with E-state index in [4.69, 9.17) is 8.83 Å². The van der Waals surface area contributed by atoms with Gasteiger partial charge in [-0.3, -0.25) is 0 Å². The average Bonchev–Trinajstić information content (AvgIpc) is 4.03. The molecule has 9 aromatic carbocycles. The number of benzene rings is 9.